The summed E-state index contributed by atoms with van der Waals surface area (Å²) in [7, 11) is -2.00. The Labute approximate surface area is 177 Å². The molecule has 0 radical (unpaired) electrons. The monoisotopic (exact) mass is 444 g/mol. The molecule has 0 bridgehead atoms. The molecule has 8 nitrogen and oxygen atoms in total. The first-order valence-corrected chi connectivity index (χ1v) is 12.6. The standard InChI is InChI=1S/C19H32N4O4S2/c1-4-16-11-17(18(5-2)28-16)20-19(24)21-29(25,26)23(15-8-10-27-13-15)14-7-6-9-22(3)12-14/h11,14-15H,4-10,12-13H2,1-3H3,(H2,20,21,24). The Morgan fingerprint density at radius 2 is 2.10 bits per heavy atom. The van der Waals surface area contributed by atoms with Crippen molar-refractivity contribution in [2.45, 2.75) is 58.0 Å². The highest BCUT2D eigenvalue weighted by atomic mass is 32.2. The molecule has 1 aromatic heterocycles. The summed E-state index contributed by atoms with van der Waals surface area (Å²) in [5.41, 5.74) is 0.690. The number of piperidine rings is 1. The van der Waals surface area contributed by atoms with Crippen LogP contribution < -0.4 is 10.0 Å². The number of thiophene rings is 1. The molecule has 2 N–H and O–H groups in total. The number of aryl methyl sites for hydroxylation is 2. The van der Waals surface area contributed by atoms with Gasteiger partial charge in [-0.2, -0.15) is 12.7 Å². The minimum atomic E-state index is -4.00. The minimum Gasteiger partial charge on any atom is -0.380 e. The molecule has 2 aliphatic heterocycles. The smallest absolute Gasteiger partial charge is 0.333 e. The third-order valence-electron chi connectivity index (χ3n) is 5.50. The van der Waals surface area contributed by atoms with Crippen molar-refractivity contribution in [1.82, 2.24) is 13.9 Å². The van der Waals surface area contributed by atoms with Crippen LogP contribution in [0, 0.1) is 0 Å². The Bertz CT molecular complexity index is 805. The van der Waals surface area contributed by atoms with Gasteiger partial charge in [-0.3, -0.25) is 0 Å². The van der Waals surface area contributed by atoms with Gasteiger partial charge in [-0.25, -0.2) is 9.52 Å². The largest absolute Gasteiger partial charge is 0.380 e. The van der Waals surface area contributed by atoms with E-state index in [4.69, 9.17) is 4.74 Å². The Kier molecular flexibility index (Phi) is 7.55. The van der Waals surface area contributed by atoms with E-state index in [0.29, 0.717) is 31.9 Å². The molecule has 0 aromatic carbocycles. The number of urea groups is 1. The van der Waals surface area contributed by atoms with Gasteiger partial charge in [0.05, 0.1) is 18.3 Å². The SMILES string of the molecule is CCc1cc(NC(=O)NS(=O)(=O)N(C2CCOC2)C2CCCN(C)C2)c(CC)s1. The lowest BCUT2D eigenvalue weighted by atomic mass is 10.0. The van der Waals surface area contributed by atoms with Crippen LogP contribution in [0.1, 0.15) is 42.9 Å². The summed E-state index contributed by atoms with van der Waals surface area (Å²) < 4.78 is 35.6. The molecule has 3 rings (SSSR count). The van der Waals surface area contributed by atoms with Crippen molar-refractivity contribution in [2.24, 2.45) is 0 Å². The molecule has 0 aliphatic carbocycles. The number of nitrogens with one attached hydrogen (secondary N) is 2. The van der Waals surface area contributed by atoms with Crippen LogP contribution in [0.3, 0.4) is 0 Å². The predicted molar refractivity (Wildman–Crippen MR) is 116 cm³/mol. The first kappa shape index (κ1) is 22.5. The highest BCUT2D eigenvalue weighted by molar-refractivity contribution is 7.87. The van der Waals surface area contributed by atoms with Crippen LogP contribution in [0.15, 0.2) is 6.07 Å². The van der Waals surface area contributed by atoms with Crippen molar-refractivity contribution >= 4 is 33.3 Å². The lowest BCUT2D eigenvalue weighted by Gasteiger charge is -2.39. The van der Waals surface area contributed by atoms with E-state index in [1.807, 2.05) is 20.0 Å². The van der Waals surface area contributed by atoms with E-state index in [-0.39, 0.29) is 12.1 Å². The van der Waals surface area contributed by atoms with Crippen molar-refractivity contribution in [2.75, 3.05) is 38.7 Å². The molecule has 2 saturated heterocycles. The van der Waals surface area contributed by atoms with Crippen LogP contribution in [0.5, 0.6) is 0 Å². The Morgan fingerprint density at radius 1 is 1.31 bits per heavy atom. The summed E-state index contributed by atoms with van der Waals surface area (Å²) >= 11 is 1.64. The first-order chi connectivity index (χ1) is 13.8. The second kappa shape index (κ2) is 9.74. The van der Waals surface area contributed by atoms with E-state index < -0.39 is 16.2 Å². The van der Waals surface area contributed by atoms with E-state index >= 15 is 0 Å². The van der Waals surface area contributed by atoms with Crippen molar-refractivity contribution in [3.05, 3.63) is 15.8 Å². The summed E-state index contributed by atoms with van der Waals surface area (Å²) in [6.07, 6.45) is 4.03. The lowest BCUT2D eigenvalue weighted by molar-refractivity contribution is 0.126. The van der Waals surface area contributed by atoms with E-state index in [0.717, 1.165) is 42.0 Å². The molecule has 29 heavy (non-hydrogen) atoms. The molecule has 10 heteroatoms. The fraction of sp³-hybridized carbons (Fsp3) is 0.737. The molecule has 2 aliphatic rings. The van der Waals surface area contributed by atoms with Crippen LogP contribution >= 0.6 is 11.3 Å². The van der Waals surface area contributed by atoms with Crippen molar-refractivity contribution < 1.29 is 17.9 Å². The third-order valence-corrected chi connectivity index (χ3v) is 8.52. The van der Waals surface area contributed by atoms with Gasteiger partial charge in [-0.1, -0.05) is 13.8 Å². The van der Waals surface area contributed by atoms with E-state index in [2.05, 4.69) is 21.9 Å². The zero-order chi connectivity index (χ0) is 21.0. The number of likely N-dealkylation sites (tertiary alicyclic amines) is 1. The molecule has 2 atom stereocenters. The number of nitrogens with zero attached hydrogens (tertiary/aromatic N) is 2. The van der Waals surface area contributed by atoms with Crippen molar-refractivity contribution in [1.29, 1.82) is 0 Å². The van der Waals surface area contributed by atoms with Crippen LogP contribution in [0.2, 0.25) is 0 Å². The van der Waals surface area contributed by atoms with Crippen molar-refractivity contribution in [3.63, 3.8) is 0 Å². The molecule has 0 saturated carbocycles. The van der Waals surface area contributed by atoms with Gasteiger partial charge in [0.25, 0.3) is 0 Å². The van der Waals surface area contributed by atoms with Gasteiger partial charge in [0, 0.05) is 28.9 Å². The van der Waals surface area contributed by atoms with Gasteiger partial charge in [-0.05, 0) is 51.8 Å². The average molecular weight is 445 g/mol. The molecule has 0 spiro atoms. The van der Waals surface area contributed by atoms with Crippen LogP contribution in [0.25, 0.3) is 0 Å². The Hall–Kier alpha value is -1.20. The number of likely N-dealkylation sites (N-methyl/N-ethyl adjacent to an activating group) is 1. The molecule has 164 valence electrons. The number of rotatable bonds is 7. The fourth-order valence-corrected chi connectivity index (χ4v) is 6.62. The summed E-state index contributed by atoms with van der Waals surface area (Å²) in [6, 6.07) is 0.808. The van der Waals surface area contributed by atoms with Gasteiger partial charge in [-0.15, -0.1) is 11.3 Å². The quantitative estimate of drug-likeness (QED) is 0.674. The lowest BCUT2D eigenvalue weighted by Crippen LogP contribution is -2.57. The zero-order valence-electron chi connectivity index (χ0n) is 17.4. The fourth-order valence-electron chi connectivity index (χ4n) is 4.10. The first-order valence-electron chi connectivity index (χ1n) is 10.3. The number of ether oxygens (including phenoxy) is 1. The Morgan fingerprint density at radius 3 is 2.72 bits per heavy atom. The predicted octanol–water partition coefficient (Wildman–Crippen LogP) is 2.42. The van der Waals surface area contributed by atoms with Crippen LogP contribution in [-0.4, -0.2) is 69.1 Å². The third kappa shape index (κ3) is 5.49. The molecular formula is C19H32N4O4S2. The molecule has 1 aromatic rings. The molecule has 2 unspecified atom stereocenters. The second-order valence-corrected chi connectivity index (χ2v) is 10.5. The normalized spacial score (nSPS) is 23.4. The van der Waals surface area contributed by atoms with Gasteiger partial charge >= 0.3 is 16.2 Å². The number of carbonyl (C=O) groups excluding carboxylic acids is 1. The number of amides is 2. The maximum Gasteiger partial charge on any atom is 0.333 e. The van der Waals surface area contributed by atoms with Gasteiger partial charge < -0.3 is 15.0 Å². The average Bonchev–Trinajstić information content (AvgIpc) is 3.30. The second-order valence-electron chi connectivity index (χ2n) is 7.72. The topological polar surface area (TPSA) is 91.0 Å². The molecule has 2 amide bonds. The van der Waals surface area contributed by atoms with Gasteiger partial charge in [0.15, 0.2) is 0 Å². The highest BCUT2D eigenvalue weighted by Gasteiger charge is 2.40. The Balaban J connectivity index is 1.75. The maximum absolute atomic E-state index is 13.2. The van der Waals surface area contributed by atoms with E-state index in [1.54, 1.807) is 11.3 Å². The van der Waals surface area contributed by atoms with Gasteiger partial charge in [0.1, 0.15) is 0 Å². The van der Waals surface area contributed by atoms with Crippen LogP contribution in [-0.2, 0) is 27.8 Å². The highest BCUT2D eigenvalue weighted by Crippen LogP contribution is 2.28. The number of anilines is 1. The molecule has 2 fully saturated rings. The zero-order valence-corrected chi connectivity index (χ0v) is 19.1. The summed E-state index contributed by atoms with van der Waals surface area (Å²) in [4.78, 5) is 16.9. The maximum atomic E-state index is 13.2. The van der Waals surface area contributed by atoms with Crippen molar-refractivity contribution in [3.8, 4) is 0 Å². The van der Waals surface area contributed by atoms with E-state index in [9.17, 15) is 13.2 Å². The molecule has 3 heterocycles. The summed E-state index contributed by atoms with van der Waals surface area (Å²) in [5, 5.41) is 2.74. The number of carbonyl (C=O) groups is 1. The van der Waals surface area contributed by atoms with Crippen LogP contribution in [0.4, 0.5) is 10.5 Å². The van der Waals surface area contributed by atoms with E-state index in [1.165, 1.54) is 4.31 Å². The minimum absolute atomic E-state index is 0.162. The summed E-state index contributed by atoms with van der Waals surface area (Å²) in [5.74, 6) is 0. The summed E-state index contributed by atoms with van der Waals surface area (Å²) in [6.45, 7) is 6.60. The number of hydrogen-bond donors (Lipinski definition) is 2. The van der Waals surface area contributed by atoms with Gasteiger partial charge in [0.2, 0.25) is 0 Å². The molecular weight excluding hydrogens is 412 g/mol. The number of hydrogen-bond acceptors (Lipinski definition) is 6.